The molecule has 2 rings (SSSR count). The molecule has 0 fully saturated rings. The minimum Gasteiger partial charge on any atom is -0.312 e. The first kappa shape index (κ1) is 9.22. The molecule has 1 aliphatic heterocycles. The smallest absolute Gasteiger partial charge is 0.0302 e. The second-order valence-corrected chi connectivity index (χ2v) is 4.91. The summed E-state index contributed by atoms with van der Waals surface area (Å²) in [6, 6.07) is 2.43. The van der Waals surface area contributed by atoms with Crippen molar-refractivity contribution in [2.45, 2.75) is 39.2 Å². The zero-order valence-corrected chi connectivity index (χ0v) is 9.04. The van der Waals surface area contributed by atoms with Gasteiger partial charge in [-0.15, -0.1) is 11.3 Å². The predicted molar refractivity (Wildman–Crippen MR) is 58.3 cm³/mol. The van der Waals surface area contributed by atoms with Gasteiger partial charge in [0.2, 0.25) is 0 Å². The fourth-order valence-corrected chi connectivity index (χ4v) is 3.02. The van der Waals surface area contributed by atoms with Gasteiger partial charge in [0.15, 0.2) is 0 Å². The van der Waals surface area contributed by atoms with E-state index in [1.807, 2.05) is 11.3 Å². The fourth-order valence-electron chi connectivity index (χ4n) is 1.79. The molecule has 2 heteroatoms. The maximum absolute atomic E-state index is 3.42. The number of hydrogen-bond donors (Lipinski definition) is 1. The van der Waals surface area contributed by atoms with E-state index in [0.29, 0.717) is 0 Å². The third-order valence-electron chi connectivity index (χ3n) is 2.58. The molecule has 2 heterocycles. The predicted octanol–water partition coefficient (Wildman–Crippen LogP) is 2.74. The Morgan fingerprint density at radius 2 is 2.46 bits per heavy atom. The summed E-state index contributed by atoms with van der Waals surface area (Å²) in [4.78, 5) is 3.17. The van der Waals surface area contributed by atoms with Gasteiger partial charge < -0.3 is 5.32 Å². The summed E-state index contributed by atoms with van der Waals surface area (Å²) in [6.45, 7) is 4.53. The van der Waals surface area contributed by atoms with Crippen molar-refractivity contribution in [2.24, 2.45) is 0 Å². The number of rotatable bonds is 3. The van der Waals surface area contributed by atoms with E-state index in [1.54, 1.807) is 15.3 Å². The minimum absolute atomic E-state index is 1.10. The van der Waals surface area contributed by atoms with Crippen LogP contribution in [0.1, 0.15) is 35.1 Å². The van der Waals surface area contributed by atoms with Gasteiger partial charge in [-0.25, -0.2) is 0 Å². The molecule has 1 nitrogen and oxygen atoms in total. The van der Waals surface area contributed by atoms with E-state index in [1.165, 1.54) is 25.7 Å². The first-order chi connectivity index (χ1) is 6.40. The Balaban J connectivity index is 2.07. The molecule has 0 spiro atoms. The highest BCUT2D eigenvalue weighted by Gasteiger charge is 2.11. The van der Waals surface area contributed by atoms with Crippen LogP contribution in [0.25, 0.3) is 0 Å². The molecule has 1 aromatic heterocycles. The molecule has 1 aromatic rings. The number of hydrogen-bond acceptors (Lipinski definition) is 2. The molecule has 72 valence electrons. The first-order valence-corrected chi connectivity index (χ1v) is 6.03. The Kier molecular flexibility index (Phi) is 3.01. The third-order valence-corrected chi connectivity index (χ3v) is 3.82. The highest BCUT2D eigenvalue weighted by Crippen LogP contribution is 2.26. The van der Waals surface area contributed by atoms with Gasteiger partial charge in [0.1, 0.15) is 0 Å². The Hall–Kier alpha value is -0.340. The number of unbranched alkanes of at least 4 members (excludes halogenated alkanes) is 1. The van der Waals surface area contributed by atoms with E-state index in [9.17, 15) is 0 Å². The molecule has 13 heavy (non-hydrogen) atoms. The lowest BCUT2D eigenvalue weighted by Gasteiger charge is -2.10. The number of thiophene rings is 1. The van der Waals surface area contributed by atoms with Crippen LogP contribution in [0.3, 0.4) is 0 Å². The van der Waals surface area contributed by atoms with Gasteiger partial charge in [-0.1, -0.05) is 13.3 Å². The van der Waals surface area contributed by atoms with Crippen LogP contribution in [0.15, 0.2) is 6.07 Å². The van der Waals surface area contributed by atoms with Crippen LogP contribution in [0, 0.1) is 0 Å². The number of nitrogens with one attached hydrogen (secondary N) is 1. The lowest BCUT2D eigenvalue weighted by Crippen LogP contribution is -2.21. The Bertz CT molecular complexity index is 254. The average molecular weight is 195 g/mol. The van der Waals surface area contributed by atoms with Crippen molar-refractivity contribution in [3.8, 4) is 0 Å². The summed E-state index contributed by atoms with van der Waals surface area (Å²) >= 11 is 2.01. The molecule has 0 amide bonds. The Morgan fingerprint density at radius 3 is 3.23 bits per heavy atom. The van der Waals surface area contributed by atoms with Crippen LogP contribution in [0.2, 0.25) is 0 Å². The summed E-state index contributed by atoms with van der Waals surface area (Å²) in [5, 5.41) is 3.42. The Morgan fingerprint density at radius 1 is 1.54 bits per heavy atom. The zero-order chi connectivity index (χ0) is 9.10. The monoisotopic (exact) mass is 195 g/mol. The molecule has 0 aliphatic carbocycles. The van der Waals surface area contributed by atoms with E-state index < -0.39 is 0 Å². The molecule has 0 saturated carbocycles. The lowest BCUT2D eigenvalue weighted by molar-refractivity contribution is 0.654. The van der Waals surface area contributed by atoms with Crippen molar-refractivity contribution < 1.29 is 0 Å². The molecule has 0 aromatic carbocycles. The third kappa shape index (κ3) is 2.12. The van der Waals surface area contributed by atoms with E-state index in [2.05, 4.69) is 18.3 Å². The fraction of sp³-hybridized carbons (Fsp3) is 0.636. The van der Waals surface area contributed by atoms with E-state index >= 15 is 0 Å². The number of aryl methyl sites for hydroxylation is 1. The van der Waals surface area contributed by atoms with Gasteiger partial charge >= 0.3 is 0 Å². The zero-order valence-electron chi connectivity index (χ0n) is 8.23. The maximum Gasteiger partial charge on any atom is 0.0302 e. The molecule has 1 N–H and O–H groups in total. The van der Waals surface area contributed by atoms with E-state index in [0.717, 1.165) is 13.1 Å². The second-order valence-electron chi connectivity index (χ2n) is 3.69. The summed E-state index contributed by atoms with van der Waals surface area (Å²) < 4.78 is 0. The van der Waals surface area contributed by atoms with Crippen molar-refractivity contribution in [1.82, 2.24) is 5.32 Å². The van der Waals surface area contributed by atoms with Crippen LogP contribution >= 0.6 is 11.3 Å². The van der Waals surface area contributed by atoms with Gasteiger partial charge in [-0.3, -0.25) is 0 Å². The maximum atomic E-state index is 3.42. The molecule has 0 atom stereocenters. The van der Waals surface area contributed by atoms with Crippen LogP contribution < -0.4 is 5.32 Å². The van der Waals surface area contributed by atoms with Gasteiger partial charge in [0.05, 0.1) is 0 Å². The van der Waals surface area contributed by atoms with Crippen molar-refractivity contribution in [3.63, 3.8) is 0 Å². The van der Waals surface area contributed by atoms with Crippen molar-refractivity contribution in [2.75, 3.05) is 6.54 Å². The van der Waals surface area contributed by atoms with Crippen LogP contribution in [0.5, 0.6) is 0 Å². The van der Waals surface area contributed by atoms with Crippen molar-refractivity contribution in [1.29, 1.82) is 0 Å². The van der Waals surface area contributed by atoms with Gasteiger partial charge in [0.25, 0.3) is 0 Å². The summed E-state index contributed by atoms with van der Waals surface area (Å²) in [5.74, 6) is 0. The quantitative estimate of drug-likeness (QED) is 0.782. The normalized spacial score (nSPS) is 15.8. The van der Waals surface area contributed by atoms with Gasteiger partial charge in [-0.2, -0.15) is 0 Å². The van der Waals surface area contributed by atoms with Gasteiger partial charge in [0, 0.05) is 16.3 Å². The van der Waals surface area contributed by atoms with Gasteiger partial charge in [-0.05, 0) is 37.4 Å². The summed E-state index contributed by atoms with van der Waals surface area (Å²) in [6.07, 6.45) is 5.17. The minimum atomic E-state index is 1.10. The topological polar surface area (TPSA) is 12.0 Å². The van der Waals surface area contributed by atoms with Crippen LogP contribution in [0.4, 0.5) is 0 Å². The molecule has 1 aliphatic rings. The molecular formula is C11H17NS. The molecule has 0 saturated heterocycles. The first-order valence-electron chi connectivity index (χ1n) is 5.21. The second kappa shape index (κ2) is 4.25. The van der Waals surface area contributed by atoms with Crippen LogP contribution in [-0.2, 0) is 19.4 Å². The summed E-state index contributed by atoms with van der Waals surface area (Å²) in [5.41, 5.74) is 1.61. The van der Waals surface area contributed by atoms with Crippen LogP contribution in [-0.4, -0.2) is 6.54 Å². The highest BCUT2D eigenvalue weighted by molar-refractivity contribution is 7.12. The molecule has 0 unspecified atom stereocenters. The summed E-state index contributed by atoms with van der Waals surface area (Å²) in [7, 11) is 0. The van der Waals surface area contributed by atoms with E-state index in [4.69, 9.17) is 0 Å². The SMILES string of the molecule is CCCCc1cc2c(s1)CNCC2. The van der Waals surface area contributed by atoms with E-state index in [-0.39, 0.29) is 0 Å². The molecular weight excluding hydrogens is 178 g/mol. The molecule has 0 radical (unpaired) electrons. The highest BCUT2D eigenvalue weighted by atomic mass is 32.1. The molecule has 0 bridgehead atoms. The van der Waals surface area contributed by atoms with Crippen molar-refractivity contribution in [3.05, 3.63) is 21.4 Å². The standard InChI is InChI=1S/C11H17NS/c1-2-3-4-10-7-9-5-6-12-8-11(9)13-10/h7,12H,2-6,8H2,1H3. The lowest BCUT2D eigenvalue weighted by atomic mass is 10.1. The Labute approximate surface area is 84.2 Å². The van der Waals surface area contributed by atoms with Crippen molar-refractivity contribution >= 4 is 11.3 Å². The largest absolute Gasteiger partial charge is 0.312 e. The number of fused-ring (bicyclic) bond motifs is 1. The average Bonchev–Trinajstić information content (AvgIpc) is 2.57.